The molecule has 114 valence electrons. The Morgan fingerprint density at radius 2 is 2.19 bits per heavy atom. The van der Waals surface area contributed by atoms with E-state index in [0.29, 0.717) is 11.0 Å². The van der Waals surface area contributed by atoms with Crippen molar-refractivity contribution < 1.29 is 20.1 Å². The molecule has 2 aromatic rings. The van der Waals surface area contributed by atoms with E-state index < -0.39 is 31.1 Å². The van der Waals surface area contributed by atoms with Gasteiger partial charge in [-0.2, -0.15) is 0 Å². The largest absolute Gasteiger partial charge is 0.394 e. The quantitative estimate of drug-likeness (QED) is 0.276. The van der Waals surface area contributed by atoms with Crippen LogP contribution in [0.4, 0.5) is 5.82 Å². The summed E-state index contributed by atoms with van der Waals surface area (Å²) < 4.78 is 6.97. The van der Waals surface area contributed by atoms with Gasteiger partial charge in [0.05, 0.1) is 18.5 Å². The Morgan fingerprint density at radius 3 is 2.81 bits per heavy atom. The highest BCUT2D eigenvalue weighted by atomic mass is 35.5. The topological polar surface area (TPSA) is 139 Å². The summed E-state index contributed by atoms with van der Waals surface area (Å²) in [4.78, 5) is 8.14. The van der Waals surface area contributed by atoms with E-state index >= 15 is 0 Å². The van der Waals surface area contributed by atoms with Crippen molar-refractivity contribution >= 4 is 28.5 Å². The van der Waals surface area contributed by atoms with Gasteiger partial charge in [-0.3, -0.25) is 0 Å². The van der Waals surface area contributed by atoms with Gasteiger partial charge in [-0.1, -0.05) is 11.6 Å². The van der Waals surface area contributed by atoms with Gasteiger partial charge in [-0.25, -0.2) is 15.8 Å². The fraction of sp³-hybridized carbons (Fsp3) is 0.455. The molecule has 3 rings (SSSR count). The second-order valence-electron chi connectivity index (χ2n) is 4.69. The maximum absolute atomic E-state index is 10.1. The van der Waals surface area contributed by atoms with E-state index in [1.54, 1.807) is 6.07 Å². The van der Waals surface area contributed by atoms with Gasteiger partial charge in [0.2, 0.25) is 0 Å². The lowest BCUT2D eigenvalue weighted by Crippen LogP contribution is -2.33. The molecule has 4 atom stereocenters. The van der Waals surface area contributed by atoms with Crippen LogP contribution in [-0.2, 0) is 4.74 Å². The minimum Gasteiger partial charge on any atom is -0.394 e. The maximum atomic E-state index is 10.1. The van der Waals surface area contributed by atoms with E-state index in [9.17, 15) is 10.2 Å². The standard InChI is InChI=1S/C11H14ClN5O4/c12-6-1-4-7(10(15-6)16-13)14-3-17(4)11-9(20)8(19)5(2-18)21-11/h1,3,5,8-9,11,18-20H,2,13H2,(H,15,16). The zero-order valence-electron chi connectivity index (χ0n) is 10.7. The van der Waals surface area contributed by atoms with E-state index in [4.69, 9.17) is 27.3 Å². The first kappa shape index (κ1) is 14.4. The third-order valence-corrected chi connectivity index (χ3v) is 3.65. The SMILES string of the molecule is NNc1nc(Cl)cc2c1ncn2C1OC(CO)C(O)C1O. The number of ether oxygens (including phenoxy) is 1. The highest BCUT2D eigenvalue weighted by Crippen LogP contribution is 2.33. The van der Waals surface area contributed by atoms with Crippen LogP contribution >= 0.6 is 11.6 Å². The van der Waals surface area contributed by atoms with Gasteiger partial charge in [0.15, 0.2) is 12.0 Å². The molecule has 4 unspecified atom stereocenters. The van der Waals surface area contributed by atoms with Crippen LogP contribution in [0.1, 0.15) is 6.23 Å². The average molecular weight is 316 g/mol. The zero-order chi connectivity index (χ0) is 15.1. The summed E-state index contributed by atoms with van der Waals surface area (Å²) in [5, 5.41) is 29.2. The van der Waals surface area contributed by atoms with Crippen molar-refractivity contribution in [2.45, 2.75) is 24.5 Å². The predicted molar refractivity (Wildman–Crippen MR) is 73.4 cm³/mol. The van der Waals surface area contributed by atoms with Crippen molar-refractivity contribution in [3.05, 3.63) is 17.5 Å². The summed E-state index contributed by atoms with van der Waals surface area (Å²) in [6, 6.07) is 1.54. The van der Waals surface area contributed by atoms with E-state index in [1.165, 1.54) is 10.9 Å². The van der Waals surface area contributed by atoms with Crippen molar-refractivity contribution in [2.75, 3.05) is 12.0 Å². The number of aliphatic hydroxyl groups excluding tert-OH is 3. The molecule has 1 aliphatic rings. The number of nitrogens with one attached hydrogen (secondary N) is 1. The molecule has 0 radical (unpaired) electrons. The van der Waals surface area contributed by atoms with Crippen molar-refractivity contribution in [3.63, 3.8) is 0 Å². The Bertz CT molecular complexity index is 665. The van der Waals surface area contributed by atoms with Gasteiger partial charge >= 0.3 is 0 Å². The van der Waals surface area contributed by atoms with Gasteiger partial charge in [0.25, 0.3) is 0 Å². The van der Waals surface area contributed by atoms with Gasteiger partial charge in [-0.05, 0) is 0 Å². The van der Waals surface area contributed by atoms with Crippen molar-refractivity contribution in [1.29, 1.82) is 0 Å². The molecule has 21 heavy (non-hydrogen) atoms. The number of hydrogen-bond acceptors (Lipinski definition) is 8. The maximum Gasteiger partial charge on any atom is 0.169 e. The first-order valence-electron chi connectivity index (χ1n) is 6.19. The van der Waals surface area contributed by atoms with Gasteiger partial charge in [0.1, 0.15) is 29.0 Å². The van der Waals surface area contributed by atoms with Crippen LogP contribution < -0.4 is 11.3 Å². The number of anilines is 1. The molecular weight excluding hydrogens is 302 g/mol. The average Bonchev–Trinajstić information content (AvgIpc) is 3.01. The van der Waals surface area contributed by atoms with Crippen LogP contribution in [0.2, 0.25) is 5.15 Å². The molecule has 0 spiro atoms. The molecule has 1 saturated heterocycles. The van der Waals surface area contributed by atoms with Crippen LogP contribution in [0.15, 0.2) is 12.4 Å². The van der Waals surface area contributed by atoms with Gasteiger partial charge < -0.3 is 30.0 Å². The van der Waals surface area contributed by atoms with Gasteiger partial charge in [0, 0.05) is 6.07 Å². The van der Waals surface area contributed by atoms with E-state index in [0.717, 1.165) is 0 Å². The van der Waals surface area contributed by atoms with Crippen molar-refractivity contribution in [2.24, 2.45) is 5.84 Å². The lowest BCUT2D eigenvalue weighted by atomic mass is 10.1. The van der Waals surface area contributed by atoms with E-state index in [2.05, 4.69) is 15.4 Å². The van der Waals surface area contributed by atoms with E-state index in [-0.39, 0.29) is 11.0 Å². The molecule has 6 N–H and O–H groups in total. The fourth-order valence-electron chi connectivity index (χ4n) is 2.41. The number of aliphatic hydroxyl groups is 3. The molecule has 9 nitrogen and oxygen atoms in total. The molecule has 0 aromatic carbocycles. The number of hydrazine groups is 1. The molecule has 10 heteroatoms. The van der Waals surface area contributed by atoms with Crippen LogP contribution in [0.3, 0.4) is 0 Å². The molecule has 0 amide bonds. The lowest BCUT2D eigenvalue weighted by molar-refractivity contribution is -0.0508. The number of aromatic nitrogens is 3. The smallest absolute Gasteiger partial charge is 0.169 e. The first-order chi connectivity index (χ1) is 10.1. The Morgan fingerprint density at radius 1 is 1.43 bits per heavy atom. The first-order valence-corrected chi connectivity index (χ1v) is 6.56. The fourth-order valence-corrected chi connectivity index (χ4v) is 2.60. The van der Waals surface area contributed by atoms with Crippen molar-refractivity contribution in [1.82, 2.24) is 14.5 Å². The second-order valence-corrected chi connectivity index (χ2v) is 5.07. The summed E-state index contributed by atoms with van der Waals surface area (Å²) in [7, 11) is 0. The molecule has 0 aliphatic carbocycles. The molecule has 1 fully saturated rings. The Labute approximate surface area is 123 Å². The number of nitrogens with two attached hydrogens (primary N) is 1. The summed E-state index contributed by atoms with van der Waals surface area (Å²) in [5.74, 6) is 5.65. The molecule has 1 aliphatic heterocycles. The zero-order valence-corrected chi connectivity index (χ0v) is 11.5. The van der Waals surface area contributed by atoms with Crippen LogP contribution in [0.5, 0.6) is 0 Å². The van der Waals surface area contributed by atoms with Crippen LogP contribution in [-0.4, -0.2) is 54.8 Å². The number of pyridine rings is 1. The third kappa shape index (κ3) is 2.24. The molecule has 2 aromatic heterocycles. The molecule has 0 bridgehead atoms. The lowest BCUT2D eigenvalue weighted by Gasteiger charge is -2.17. The summed E-state index contributed by atoms with van der Waals surface area (Å²) in [6.45, 7) is -0.403. The van der Waals surface area contributed by atoms with E-state index in [1.807, 2.05) is 0 Å². The number of hydrogen-bond donors (Lipinski definition) is 5. The Balaban J connectivity index is 2.07. The highest BCUT2D eigenvalue weighted by Gasteiger charge is 2.43. The predicted octanol–water partition coefficient (Wildman–Crippen LogP) is -1.02. The number of imidazole rings is 1. The number of fused-ring (bicyclic) bond motifs is 1. The number of nitrogen functional groups attached to an aromatic ring is 1. The molecular formula is C11H14ClN5O4. The minimum absolute atomic E-state index is 0.184. The normalized spacial score (nSPS) is 29.2. The Hall–Kier alpha value is -1.49. The van der Waals surface area contributed by atoms with Gasteiger partial charge in [-0.15, -0.1) is 0 Å². The third-order valence-electron chi connectivity index (χ3n) is 3.46. The number of nitrogens with zero attached hydrogens (tertiary/aromatic N) is 3. The number of rotatable bonds is 3. The summed E-state index contributed by atoms with van der Waals surface area (Å²) in [6.07, 6.45) is -2.75. The van der Waals surface area contributed by atoms with Crippen molar-refractivity contribution in [3.8, 4) is 0 Å². The van der Waals surface area contributed by atoms with Crippen LogP contribution in [0.25, 0.3) is 11.0 Å². The summed E-state index contributed by atoms with van der Waals surface area (Å²) in [5.41, 5.74) is 3.36. The highest BCUT2D eigenvalue weighted by molar-refractivity contribution is 6.30. The van der Waals surface area contributed by atoms with Crippen LogP contribution in [0, 0.1) is 0 Å². The number of halogens is 1. The monoisotopic (exact) mass is 315 g/mol. The second kappa shape index (κ2) is 5.37. The summed E-state index contributed by atoms with van der Waals surface area (Å²) >= 11 is 5.92. The molecule has 0 saturated carbocycles. The molecule has 3 heterocycles. The Kier molecular flexibility index (Phi) is 3.69. The minimum atomic E-state index is -1.21.